The molecule has 0 saturated carbocycles. The Morgan fingerprint density at radius 1 is 1.30 bits per heavy atom. The standard InChI is InChI=1S/C24H30N4O2/c1-14(2)28(27-12-18-9-17(27)13-30-18)24(29)16-7-20-19-5-4-6-21-23(19)15(10-25-21)8-22(20)26(3)11-16/h4-7,10,14,16-18,22,25H,8-9,11-13H2,1-3H3/t16-,17+,18+,22-/m1/s1. The molecule has 1 amide bonds. The van der Waals surface area contributed by atoms with E-state index in [2.05, 4.69) is 66.3 Å². The maximum Gasteiger partial charge on any atom is 0.245 e. The van der Waals surface area contributed by atoms with Gasteiger partial charge in [-0.2, -0.15) is 0 Å². The Bertz CT molecular complexity index is 1040. The number of carbonyl (C=O) groups is 1. The summed E-state index contributed by atoms with van der Waals surface area (Å²) >= 11 is 0. The lowest BCUT2D eigenvalue weighted by molar-refractivity contribution is -0.167. The second kappa shape index (κ2) is 6.67. The number of amides is 1. The molecule has 6 rings (SSSR count). The van der Waals surface area contributed by atoms with Gasteiger partial charge in [0.25, 0.3) is 0 Å². The number of likely N-dealkylation sites (N-methyl/N-ethyl adjacent to an activating group) is 1. The van der Waals surface area contributed by atoms with E-state index in [-0.39, 0.29) is 24.0 Å². The molecule has 6 nitrogen and oxygen atoms in total. The summed E-state index contributed by atoms with van der Waals surface area (Å²) in [4.78, 5) is 19.6. The number of ether oxygens (including phenoxy) is 1. The van der Waals surface area contributed by atoms with Crippen LogP contribution < -0.4 is 0 Å². The van der Waals surface area contributed by atoms with Crippen molar-refractivity contribution in [2.75, 3.05) is 26.7 Å². The van der Waals surface area contributed by atoms with Gasteiger partial charge in [-0.3, -0.25) is 14.7 Å². The molecule has 1 aromatic carbocycles. The molecule has 2 saturated heterocycles. The van der Waals surface area contributed by atoms with Gasteiger partial charge in [0.2, 0.25) is 5.91 Å². The molecule has 0 spiro atoms. The summed E-state index contributed by atoms with van der Waals surface area (Å²) in [5, 5.41) is 5.66. The first-order valence-corrected chi connectivity index (χ1v) is 11.2. The van der Waals surface area contributed by atoms with Crippen LogP contribution in [0.4, 0.5) is 0 Å². The van der Waals surface area contributed by atoms with Gasteiger partial charge in [0.05, 0.1) is 24.7 Å². The fourth-order valence-electron chi connectivity index (χ4n) is 6.10. The van der Waals surface area contributed by atoms with Crippen molar-refractivity contribution in [1.29, 1.82) is 0 Å². The zero-order valence-corrected chi connectivity index (χ0v) is 18.0. The summed E-state index contributed by atoms with van der Waals surface area (Å²) in [6, 6.07) is 7.30. The number of H-pyrrole nitrogens is 1. The monoisotopic (exact) mass is 406 g/mol. The van der Waals surface area contributed by atoms with E-state index in [1.165, 1.54) is 27.6 Å². The molecule has 0 unspecified atom stereocenters. The predicted octanol–water partition coefficient (Wildman–Crippen LogP) is 2.66. The highest BCUT2D eigenvalue weighted by Gasteiger charge is 2.46. The van der Waals surface area contributed by atoms with E-state index in [4.69, 9.17) is 4.74 Å². The number of nitrogens with zero attached hydrogens (tertiary/aromatic N) is 3. The smallest absolute Gasteiger partial charge is 0.245 e. The van der Waals surface area contributed by atoms with Crippen LogP contribution in [0.15, 0.2) is 30.5 Å². The van der Waals surface area contributed by atoms with Crippen LogP contribution in [0.3, 0.4) is 0 Å². The molecular weight excluding hydrogens is 376 g/mol. The van der Waals surface area contributed by atoms with Gasteiger partial charge in [0, 0.05) is 42.3 Å². The van der Waals surface area contributed by atoms with Gasteiger partial charge in [0.1, 0.15) is 0 Å². The highest BCUT2D eigenvalue weighted by atomic mass is 16.5. The summed E-state index contributed by atoms with van der Waals surface area (Å²) in [6.07, 6.45) is 6.76. The molecule has 1 aromatic heterocycles. The summed E-state index contributed by atoms with van der Waals surface area (Å²) in [5.41, 5.74) is 5.18. The minimum Gasteiger partial charge on any atom is -0.375 e. The Hall–Kier alpha value is -2.15. The Kier molecular flexibility index (Phi) is 4.14. The van der Waals surface area contributed by atoms with E-state index in [1.54, 1.807) is 0 Å². The third-order valence-electron chi connectivity index (χ3n) is 7.45. The quantitative estimate of drug-likeness (QED) is 0.852. The van der Waals surface area contributed by atoms with E-state index in [9.17, 15) is 4.79 Å². The van der Waals surface area contributed by atoms with Crippen molar-refractivity contribution in [2.24, 2.45) is 5.92 Å². The van der Waals surface area contributed by atoms with Crippen LogP contribution >= 0.6 is 0 Å². The van der Waals surface area contributed by atoms with Crippen LogP contribution in [0, 0.1) is 5.92 Å². The molecule has 3 aliphatic heterocycles. The number of morpholine rings is 1. The van der Waals surface area contributed by atoms with Crippen molar-refractivity contribution in [3.05, 3.63) is 41.6 Å². The van der Waals surface area contributed by atoms with Gasteiger partial charge in [-0.05, 0) is 56.5 Å². The Balaban J connectivity index is 1.37. The minimum absolute atomic E-state index is 0.126. The maximum absolute atomic E-state index is 13.8. The molecule has 1 aliphatic carbocycles. The van der Waals surface area contributed by atoms with E-state index >= 15 is 0 Å². The first kappa shape index (κ1) is 18.6. The molecule has 6 heteroatoms. The number of hydrazine groups is 1. The minimum atomic E-state index is -0.126. The molecular formula is C24H30N4O2. The predicted molar refractivity (Wildman–Crippen MR) is 117 cm³/mol. The van der Waals surface area contributed by atoms with Gasteiger partial charge < -0.3 is 9.72 Å². The van der Waals surface area contributed by atoms with E-state index < -0.39 is 0 Å². The van der Waals surface area contributed by atoms with Gasteiger partial charge in [-0.15, -0.1) is 0 Å². The number of hydrogen-bond donors (Lipinski definition) is 1. The Morgan fingerprint density at radius 2 is 2.17 bits per heavy atom. The molecule has 2 fully saturated rings. The maximum atomic E-state index is 13.8. The van der Waals surface area contributed by atoms with Crippen molar-refractivity contribution in [3.63, 3.8) is 0 Å². The number of nitrogens with one attached hydrogen (secondary N) is 1. The number of benzene rings is 1. The number of aromatic amines is 1. The largest absolute Gasteiger partial charge is 0.375 e. The SMILES string of the molecule is CC(C)N(C(=O)[C@@H]1C=C2c3cccc4[nH]cc(c34)C[C@H]2N(C)C1)N1C[C@@H]2C[C@H]1CO2. The zero-order valence-electron chi connectivity index (χ0n) is 18.0. The van der Waals surface area contributed by atoms with E-state index in [0.29, 0.717) is 12.1 Å². The van der Waals surface area contributed by atoms with Crippen molar-refractivity contribution in [3.8, 4) is 0 Å². The first-order valence-electron chi connectivity index (χ1n) is 11.2. The lowest BCUT2D eigenvalue weighted by Crippen LogP contribution is -2.58. The highest BCUT2D eigenvalue weighted by molar-refractivity contribution is 5.99. The molecule has 30 heavy (non-hydrogen) atoms. The molecule has 4 aliphatic rings. The summed E-state index contributed by atoms with van der Waals surface area (Å²) in [7, 11) is 2.17. The fourth-order valence-corrected chi connectivity index (χ4v) is 6.10. The lowest BCUT2D eigenvalue weighted by atomic mass is 9.79. The third-order valence-corrected chi connectivity index (χ3v) is 7.45. The number of hydrogen-bond acceptors (Lipinski definition) is 4. The fraction of sp³-hybridized carbons (Fsp3) is 0.542. The van der Waals surface area contributed by atoms with Crippen LogP contribution in [-0.2, 0) is 16.0 Å². The average molecular weight is 407 g/mol. The van der Waals surface area contributed by atoms with Crippen LogP contribution in [0.2, 0.25) is 0 Å². The van der Waals surface area contributed by atoms with E-state index in [0.717, 1.165) is 32.5 Å². The normalized spacial score (nSPS) is 30.7. The molecule has 2 bridgehead atoms. The molecule has 0 radical (unpaired) electrons. The number of fused-ring (bicyclic) bond motifs is 4. The third kappa shape index (κ3) is 2.63. The average Bonchev–Trinajstić information content (AvgIpc) is 3.45. The van der Waals surface area contributed by atoms with Crippen LogP contribution in [0.1, 0.15) is 31.4 Å². The molecule has 158 valence electrons. The van der Waals surface area contributed by atoms with E-state index in [1.807, 2.05) is 5.01 Å². The number of aromatic nitrogens is 1. The topological polar surface area (TPSA) is 51.8 Å². The Morgan fingerprint density at radius 3 is 2.90 bits per heavy atom. The Labute approximate surface area is 177 Å². The number of rotatable bonds is 3. The van der Waals surface area contributed by atoms with Crippen molar-refractivity contribution < 1.29 is 9.53 Å². The molecule has 2 aromatic rings. The van der Waals surface area contributed by atoms with Gasteiger partial charge in [-0.1, -0.05) is 18.2 Å². The first-order chi connectivity index (χ1) is 14.5. The van der Waals surface area contributed by atoms with Crippen molar-refractivity contribution in [2.45, 2.75) is 50.9 Å². The van der Waals surface area contributed by atoms with Gasteiger partial charge in [-0.25, -0.2) is 5.01 Å². The molecule has 4 heterocycles. The summed E-state index contributed by atoms with van der Waals surface area (Å²) in [6.45, 7) is 6.60. The summed E-state index contributed by atoms with van der Waals surface area (Å²) < 4.78 is 5.78. The number of carbonyl (C=O) groups excluding carboxylic acids is 1. The van der Waals surface area contributed by atoms with Gasteiger partial charge in [0.15, 0.2) is 0 Å². The van der Waals surface area contributed by atoms with Crippen LogP contribution in [-0.4, -0.2) is 76.8 Å². The van der Waals surface area contributed by atoms with Crippen molar-refractivity contribution in [1.82, 2.24) is 19.9 Å². The summed E-state index contributed by atoms with van der Waals surface area (Å²) in [5.74, 6) is 0.0989. The second-order valence-electron chi connectivity index (χ2n) is 9.67. The zero-order chi connectivity index (χ0) is 20.6. The highest BCUT2D eigenvalue weighted by Crippen LogP contribution is 2.41. The molecule has 4 atom stereocenters. The van der Waals surface area contributed by atoms with Crippen LogP contribution in [0.5, 0.6) is 0 Å². The molecule has 1 N–H and O–H groups in total. The second-order valence-corrected chi connectivity index (χ2v) is 9.67. The van der Waals surface area contributed by atoms with Crippen LogP contribution in [0.25, 0.3) is 16.5 Å². The van der Waals surface area contributed by atoms with Crippen molar-refractivity contribution >= 4 is 22.4 Å². The van der Waals surface area contributed by atoms with Gasteiger partial charge >= 0.3 is 0 Å². The lowest BCUT2D eigenvalue weighted by Gasteiger charge is -2.44.